The first-order valence-corrected chi connectivity index (χ1v) is 8.13. The molecule has 0 saturated carbocycles. The average Bonchev–Trinajstić information content (AvgIpc) is 2.89. The highest BCUT2D eigenvalue weighted by atomic mass is 35.5. The summed E-state index contributed by atoms with van der Waals surface area (Å²) in [6, 6.07) is 11.2. The molecule has 2 N–H and O–H groups in total. The van der Waals surface area contributed by atoms with Crippen LogP contribution in [0.4, 0.5) is 0 Å². The van der Waals surface area contributed by atoms with Crippen LogP contribution in [-0.4, -0.2) is 22.7 Å². The summed E-state index contributed by atoms with van der Waals surface area (Å²) in [6.07, 6.45) is -0.0726. The van der Waals surface area contributed by atoms with E-state index in [-0.39, 0.29) is 6.42 Å². The highest BCUT2D eigenvalue weighted by Gasteiger charge is 2.19. The van der Waals surface area contributed by atoms with Gasteiger partial charge in [0.15, 0.2) is 0 Å². The van der Waals surface area contributed by atoms with Gasteiger partial charge in [-0.3, -0.25) is 4.79 Å². The average molecular weight is 344 g/mol. The third-order valence-corrected chi connectivity index (χ3v) is 4.22. The second-order valence-corrected chi connectivity index (χ2v) is 6.06. The van der Waals surface area contributed by atoms with Gasteiger partial charge in [0.05, 0.1) is 18.7 Å². The van der Waals surface area contributed by atoms with Crippen molar-refractivity contribution in [1.82, 2.24) is 4.98 Å². The van der Waals surface area contributed by atoms with Crippen molar-refractivity contribution in [1.29, 1.82) is 0 Å². The number of benzene rings is 2. The lowest BCUT2D eigenvalue weighted by atomic mass is 10.0. The monoisotopic (exact) mass is 343 g/mol. The third-order valence-electron chi connectivity index (χ3n) is 3.99. The normalized spacial score (nSPS) is 11.0. The number of fused-ring (bicyclic) bond motifs is 1. The molecule has 0 amide bonds. The molecule has 5 heteroatoms. The van der Waals surface area contributed by atoms with Gasteiger partial charge >= 0.3 is 5.97 Å². The van der Waals surface area contributed by atoms with E-state index in [0.717, 1.165) is 33.3 Å². The molecule has 1 aromatic heterocycles. The number of aromatic amines is 1. The maximum atomic E-state index is 11.4. The number of halogens is 1. The van der Waals surface area contributed by atoms with Crippen molar-refractivity contribution in [3.05, 3.63) is 52.5 Å². The lowest BCUT2D eigenvalue weighted by Crippen LogP contribution is -2.02. The third kappa shape index (κ3) is 2.97. The minimum Gasteiger partial charge on any atom is -0.493 e. The fourth-order valence-electron chi connectivity index (χ4n) is 2.96. The van der Waals surface area contributed by atoms with Crippen LogP contribution in [0.2, 0.25) is 5.02 Å². The number of ether oxygens (including phenoxy) is 1. The van der Waals surface area contributed by atoms with Gasteiger partial charge in [-0.15, -0.1) is 0 Å². The van der Waals surface area contributed by atoms with Gasteiger partial charge in [0.1, 0.15) is 5.75 Å². The number of H-pyrrole nitrogens is 1. The molecule has 0 fully saturated rings. The van der Waals surface area contributed by atoms with Crippen LogP contribution in [0, 0.1) is 6.92 Å². The number of hydrogen-bond acceptors (Lipinski definition) is 2. The Hall–Kier alpha value is -2.46. The van der Waals surface area contributed by atoms with Crippen molar-refractivity contribution >= 4 is 28.5 Å². The van der Waals surface area contributed by atoms with E-state index in [2.05, 4.69) is 4.98 Å². The summed E-state index contributed by atoms with van der Waals surface area (Å²) in [4.78, 5) is 14.8. The molecule has 0 unspecified atom stereocenters. The van der Waals surface area contributed by atoms with Crippen LogP contribution in [0.5, 0.6) is 5.75 Å². The number of aromatic nitrogens is 1. The second kappa shape index (κ2) is 6.57. The smallest absolute Gasteiger partial charge is 0.307 e. The van der Waals surface area contributed by atoms with Crippen molar-refractivity contribution < 1.29 is 14.6 Å². The molecular weight excluding hydrogens is 326 g/mol. The summed E-state index contributed by atoms with van der Waals surface area (Å²) in [6.45, 7) is 4.42. The molecule has 2 aromatic carbocycles. The first-order chi connectivity index (χ1) is 11.5. The number of carbonyl (C=O) groups is 1. The highest BCUT2D eigenvalue weighted by Crippen LogP contribution is 2.38. The quantitative estimate of drug-likeness (QED) is 0.698. The molecule has 4 nitrogen and oxygen atoms in total. The molecule has 0 bridgehead atoms. The van der Waals surface area contributed by atoms with Crippen molar-refractivity contribution in [3.8, 4) is 17.0 Å². The zero-order valence-corrected chi connectivity index (χ0v) is 14.3. The standard InChI is InChI=1S/C19H18ClNO3/c1-3-24-16-8-7-12(20)9-15(16)19-14(10-17(22)23)13-6-4-5-11(2)18(13)21-19/h4-9,21H,3,10H2,1-2H3,(H,22,23). The molecule has 0 atom stereocenters. The van der Waals surface area contributed by atoms with Gasteiger partial charge in [0, 0.05) is 21.5 Å². The van der Waals surface area contributed by atoms with Gasteiger partial charge in [-0.25, -0.2) is 0 Å². The zero-order valence-electron chi connectivity index (χ0n) is 13.5. The Morgan fingerprint density at radius 3 is 2.79 bits per heavy atom. The number of carboxylic acid groups (broad SMARTS) is 1. The van der Waals surface area contributed by atoms with Crippen LogP contribution in [0.3, 0.4) is 0 Å². The van der Waals surface area contributed by atoms with Crippen LogP contribution in [0.15, 0.2) is 36.4 Å². The maximum Gasteiger partial charge on any atom is 0.307 e. The van der Waals surface area contributed by atoms with E-state index in [1.54, 1.807) is 12.1 Å². The lowest BCUT2D eigenvalue weighted by Gasteiger charge is -2.11. The first kappa shape index (κ1) is 16.4. The Morgan fingerprint density at radius 1 is 1.29 bits per heavy atom. The lowest BCUT2D eigenvalue weighted by molar-refractivity contribution is -0.136. The Bertz CT molecular complexity index is 914. The molecule has 0 aliphatic heterocycles. The molecule has 1 heterocycles. The van der Waals surface area contributed by atoms with E-state index in [1.807, 2.05) is 38.1 Å². The zero-order chi connectivity index (χ0) is 17.3. The molecular formula is C19H18ClNO3. The molecule has 124 valence electrons. The molecule has 3 rings (SSSR count). The van der Waals surface area contributed by atoms with Crippen molar-refractivity contribution in [2.45, 2.75) is 20.3 Å². The van der Waals surface area contributed by atoms with Crippen molar-refractivity contribution in [2.24, 2.45) is 0 Å². The van der Waals surface area contributed by atoms with E-state index in [9.17, 15) is 9.90 Å². The number of rotatable bonds is 5. The van der Waals surface area contributed by atoms with Crippen molar-refractivity contribution in [2.75, 3.05) is 6.61 Å². The molecule has 3 aromatic rings. The van der Waals surface area contributed by atoms with Gasteiger partial charge in [-0.2, -0.15) is 0 Å². The Kier molecular flexibility index (Phi) is 4.49. The minimum atomic E-state index is -0.876. The Morgan fingerprint density at radius 2 is 2.08 bits per heavy atom. The Balaban J connectivity index is 2.31. The van der Waals surface area contributed by atoms with Gasteiger partial charge in [0.25, 0.3) is 0 Å². The summed E-state index contributed by atoms with van der Waals surface area (Å²) < 4.78 is 5.71. The Labute approximate surface area is 145 Å². The van der Waals surface area contributed by atoms with Crippen LogP contribution < -0.4 is 4.74 Å². The fourth-order valence-corrected chi connectivity index (χ4v) is 3.14. The van der Waals surface area contributed by atoms with E-state index in [0.29, 0.717) is 17.4 Å². The van der Waals surface area contributed by atoms with Crippen molar-refractivity contribution in [3.63, 3.8) is 0 Å². The SMILES string of the molecule is CCOc1ccc(Cl)cc1-c1[nH]c2c(C)cccc2c1CC(=O)O. The highest BCUT2D eigenvalue weighted by molar-refractivity contribution is 6.31. The predicted octanol–water partition coefficient (Wildman–Crippen LogP) is 4.82. The van der Waals surface area contributed by atoms with Gasteiger partial charge in [-0.1, -0.05) is 29.8 Å². The number of para-hydroxylation sites is 1. The number of aliphatic carboxylic acids is 1. The molecule has 0 spiro atoms. The number of aryl methyl sites for hydroxylation is 1. The van der Waals surface area contributed by atoms with Crippen LogP contribution >= 0.6 is 11.6 Å². The molecule has 0 aliphatic rings. The van der Waals surface area contributed by atoms with Gasteiger partial charge in [0.2, 0.25) is 0 Å². The summed E-state index contributed by atoms with van der Waals surface area (Å²) in [5, 5.41) is 10.8. The number of nitrogens with one attached hydrogen (secondary N) is 1. The first-order valence-electron chi connectivity index (χ1n) is 7.76. The van der Waals surface area contributed by atoms with Gasteiger partial charge in [-0.05, 0) is 43.2 Å². The minimum absolute atomic E-state index is 0.0726. The largest absolute Gasteiger partial charge is 0.493 e. The fraction of sp³-hybridized carbons (Fsp3) is 0.211. The molecule has 0 saturated heterocycles. The summed E-state index contributed by atoms with van der Waals surface area (Å²) in [7, 11) is 0. The van der Waals surface area contributed by atoms with Crippen LogP contribution in [0.25, 0.3) is 22.2 Å². The van der Waals surface area contributed by atoms with E-state index in [4.69, 9.17) is 16.3 Å². The number of hydrogen-bond donors (Lipinski definition) is 2. The second-order valence-electron chi connectivity index (χ2n) is 5.62. The topological polar surface area (TPSA) is 62.3 Å². The predicted molar refractivity (Wildman–Crippen MR) is 96.0 cm³/mol. The summed E-state index contributed by atoms with van der Waals surface area (Å²) in [5.74, 6) is -0.198. The maximum absolute atomic E-state index is 11.4. The van der Waals surface area contributed by atoms with E-state index < -0.39 is 5.97 Å². The summed E-state index contributed by atoms with van der Waals surface area (Å²) >= 11 is 6.17. The van der Waals surface area contributed by atoms with Gasteiger partial charge < -0.3 is 14.8 Å². The van der Waals surface area contributed by atoms with E-state index >= 15 is 0 Å². The molecule has 0 aliphatic carbocycles. The molecule has 24 heavy (non-hydrogen) atoms. The number of carboxylic acids is 1. The van der Waals surface area contributed by atoms with Crippen LogP contribution in [-0.2, 0) is 11.2 Å². The van der Waals surface area contributed by atoms with E-state index in [1.165, 1.54) is 0 Å². The summed E-state index contributed by atoms with van der Waals surface area (Å²) in [5.41, 5.74) is 4.25. The van der Waals surface area contributed by atoms with Crippen LogP contribution in [0.1, 0.15) is 18.1 Å². The molecule has 0 radical (unpaired) electrons.